The van der Waals surface area contributed by atoms with Gasteiger partial charge in [0, 0.05) is 38.4 Å². The predicted octanol–water partition coefficient (Wildman–Crippen LogP) is 2.58. The molecule has 1 aromatic carbocycles. The van der Waals surface area contributed by atoms with Crippen LogP contribution >= 0.6 is 11.6 Å². The second kappa shape index (κ2) is 9.20. The lowest BCUT2D eigenvalue weighted by Gasteiger charge is -2.23. The third-order valence-corrected chi connectivity index (χ3v) is 4.10. The molecule has 1 N–H and O–H groups in total. The fourth-order valence-corrected chi connectivity index (χ4v) is 2.58. The minimum atomic E-state index is -0.217. The first-order chi connectivity index (χ1) is 12.4. The summed E-state index contributed by atoms with van der Waals surface area (Å²) in [5.74, 6) is 0.147. The van der Waals surface area contributed by atoms with Gasteiger partial charge in [-0.2, -0.15) is 0 Å². The van der Waals surface area contributed by atoms with Crippen molar-refractivity contribution in [3.8, 4) is 0 Å². The molecule has 0 saturated carbocycles. The van der Waals surface area contributed by atoms with Gasteiger partial charge in [-0.15, -0.1) is 0 Å². The van der Waals surface area contributed by atoms with Crippen molar-refractivity contribution in [2.75, 3.05) is 32.1 Å². The quantitative estimate of drug-likeness (QED) is 0.809. The van der Waals surface area contributed by atoms with Crippen LogP contribution in [0.25, 0.3) is 0 Å². The number of hydrogen-bond donors (Lipinski definition) is 1. The van der Waals surface area contributed by atoms with E-state index < -0.39 is 0 Å². The molecule has 26 heavy (non-hydrogen) atoms. The predicted molar refractivity (Wildman–Crippen MR) is 103 cm³/mol. The summed E-state index contributed by atoms with van der Waals surface area (Å²) in [4.78, 5) is 32.6. The van der Waals surface area contributed by atoms with Gasteiger partial charge in [-0.05, 0) is 36.8 Å². The highest BCUT2D eigenvalue weighted by Gasteiger charge is 2.21. The van der Waals surface area contributed by atoms with Gasteiger partial charge in [-0.25, -0.2) is 4.98 Å². The highest BCUT2D eigenvalue weighted by Crippen LogP contribution is 2.16. The molecule has 2 aromatic rings. The van der Waals surface area contributed by atoms with Crippen LogP contribution in [0, 0.1) is 0 Å². The lowest BCUT2D eigenvalue weighted by atomic mass is 10.2. The molecule has 1 aromatic heterocycles. The van der Waals surface area contributed by atoms with E-state index in [0.29, 0.717) is 29.5 Å². The minimum Gasteiger partial charge on any atom is -0.362 e. The molecule has 0 saturated heterocycles. The van der Waals surface area contributed by atoms with Crippen LogP contribution in [0.2, 0.25) is 5.02 Å². The Kier molecular flexibility index (Phi) is 6.97. The topological polar surface area (TPSA) is 65.5 Å². The van der Waals surface area contributed by atoms with E-state index in [0.717, 1.165) is 5.56 Å². The number of halogens is 1. The minimum absolute atomic E-state index is 0.00924. The van der Waals surface area contributed by atoms with Crippen molar-refractivity contribution in [1.29, 1.82) is 0 Å². The number of nitrogens with zero attached hydrogens (tertiary/aromatic N) is 3. The lowest BCUT2D eigenvalue weighted by molar-refractivity contribution is -0.121. The Balaban J connectivity index is 2.00. The van der Waals surface area contributed by atoms with Gasteiger partial charge >= 0.3 is 0 Å². The number of pyridine rings is 1. The van der Waals surface area contributed by atoms with E-state index in [-0.39, 0.29) is 18.4 Å². The molecule has 0 aliphatic carbocycles. The molecule has 0 unspecified atom stereocenters. The second-order valence-corrected chi connectivity index (χ2v) is 6.43. The van der Waals surface area contributed by atoms with Crippen molar-refractivity contribution in [2.45, 2.75) is 13.5 Å². The van der Waals surface area contributed by atoms with E-state index in [4.69, 9.17) is 11.6 Å². The van der Waals surface area contributed by atoms with E-state index in [1.165, 1.54) is 4.90 Å². The van der Waals surface area contributed by atoms with Crippen LogP contribution in [-0.4, -0.2) is 48.9 Å². The lowest BCUT2D eigenvalue weighted by Crippen LogP contribution is -2.40. The van der Waals surface area contributed by atoms with Crippen molar-refractivity contribution in [2.24, 2.45) is 0 Å². The summed E-state index contributed by atoms with van der Waals surface area (Å²) in [5, 5.41) is 3.47. The van der Waals surface area contributed by atoms with Gasteiger partial charge in [-0.3, -0.25) is 9.59 Å². The van der Waals surface area contributed by atoms with Gasteiger partial charge in [-0.1, -0.05) is 23.7 Å². The standard InChI is InChI=1S/C19H23ClN4O2/c1-4-24(19(26)16-6-5-11-21-18(16)23(2)3)13-17(25)22-12-14-7-9-15(20)10-8-14/h5-11H,4,12-13H2,1-3H3,(H,22,25). The molecule has 2 rings (SSSR count). The SMILES string of the molecule is CCN(CC(=O)NCc1ccc(Cl)cc1)C(=O)c1cccnc1N(C)C. The number of benzene rings is 1. The molecule has 0 atom stereocenters. The fraction of sp³-hybridized carbons (Fsp3) is 0.316. The number of likely N-dealkylation sites (N-methyl/N-ethyl adjacent to an activating group) is 1. The Morgan fingerprint density at radius 1 is 1.15 bits per heavy atom. The molecule has 1 heterocycles. The molecule has 0 radical (unpaired) electrons. The van der Waals surface area contributed by atoms with Crippen molar-refractivity contribution >= 4 is 29.2 Å². The molecular formula is C19H23ClN4O2. The number of anilines is 1. The smallest absolute Gasteiger partial charge is 0.258 e. The number of aromatic nitrogens is 1. The Labute approximate surface area is 158 Å². The van der Waals surface area contributed by atoms with Gasteiger partial charge in [0.2, 0.25) is 5.91 Å². The van der Waals surface area contributed by atoms with Crippen LogP contribution in [0.15, 0.2) is 42.6 Å². The van der Waals surface area contributed by atoms with Crippen LogP contribution < -0.4 is 10.2 Å². The number of nitrogens with one attached hydrogen (secondary N) is 1. The zero-order valence-corrected chi connectivity index (χ0v) is 16.0. The zero-order chi connectivity index (χ0) is 19.1. The molecule has 2 amide bonds. The largest absolute Gasteiger partial charge is 0.362 e. The van der Waals surface area contributed by atoms with Gasteiger partial charge in [0.05, 0.1) is 12.1 Å². The average Bonchev–Trinajstić information content (AvgIpc) is 2.65. The van der Waals surface area contributed by atoms with Crippen LogP contribution in [0.5, 0.6) is 0 Å². The Bertz CT molecular complexity index is 762. The molecule has 0 fully saturated rings. The van der Waals surface area contributed by atoms with Gasteiger partial charge in [0.25, 0.3) is 5.91 Å². The van der Waals surface area contributed by atoms with Crippen LogP contribution in [0.4, 0.5) is 5.82 Å². The molecule has 6 nitrogen and oxygen atoms in total. The van der Waals surface area contributed by atoms with Gasteiger partial charge in [0.1, 0.15) is 5.82 Å². The third kappa shape index (κ3) is 5.20. The first-order valence-electron chi connectivity index (χ1n) is 8.35. The average molecular weight is 375 g/mol. The normalized spacial score (nSPS) is 10.3. The number of rotatable bonds is 7. The van der Waals surface area contributed by atoms with Crippen molar-refractivity contribution in [3.05, 3.63) is 58.7 Å². The first-order valence-corrected chi connectivity index (χ1v) is 8.73. The highest BCUT2D eigenvalue weighted by molar-refractivity contribution is 6.30. The first kappa shape index (κ1) is 19.7. The van der Waals surface area contributed by atoms with E-state index in [2.05, 4.69) is 10.3 Å². The summed E-state index contributed by atoms with van der Waals surface area (Å²) >= 11 is 5.85. The van der Waals surface area contributed by atoms with E-state index in [1.807, 2.05) is 33.2 Å². The molecule has 0 spiro atoms. The second-order valence-electron chi connectivity index (χ2n) is 5.99. The van der Waals surface area contributed by atoms with Crippen molar-refractivity contribution in [1.82, 2.24) is 15.2 Å². The monoisotopic (exact) mass is 374 g/mol. The molecule has 0 aliphatic heterocycles. The maximum Gasteiger partial charge on any atom is 0.258 e. The van der Waals surface area contributed by atoms with Gasteiger partial charge in [0.15, 0.2) is 0 Å². The Morgan fingerprint density at radius 3 is 2.46 bits per heavy atom. The summed E-state index contributed by atoms with van der Waals surface area (Å²) in [6, 6.07) is 10.7. The molecule has 7 heteroatoms. The fourth-order valence-electron chi connectivity index (χ4n) is 2.45. The van der Waals surface area contributed by atoms with Crippen molar-refractivity contribution in [3.63, 3.8) is 0 Å². The maximum atomic E-state index is 12.8. The van der Waals surface area contributed by atoms with Crippen LogP contribution in [0.3, 0.4) is 0 Å². The van der Waals surface area contributed by atoms with Crippen LogP contribution in [-0.2, 0) is 11.3 Å². The van der Waals surface area contributed by atoms with E-state index >= 15 is 0 Å². The maximum absolute atomic E-state index is 12.8. The van der Waals surface area contributed by atoms with Crippen LogP contribution in [0.1, 0.15) is 22.8 Å². The van der Waals surface area contributed by atoms with E-state index in [1.54, 1.807) is 35.4 Å². The molecule has 138 valence electrons. The number of hydrogen-bond acceptors (Lipinski definition) is 4. The molecule has 0 bridgehead atoms. The summed E-state index contributed by atoms with van der Waals surface area (Å²) < 4.78 is 0. The Morgan fingerprint density at radius 2 is 1.85 bits per heavy atom. The third-order valence-electron chi connectivity index (χ3n) is 3.85. The Hall–Kier alpha value is -2.60. The summed E-state index contributed by atoms with van der Waals surface area (Å²) in [6.07, 6.45) is 1.64. The summed E-state index contributed by atoms with van der Waals surface area (Å²) in [7, 11) is 3.66. The summed E-state index contributed by atoms with van der Waals surface area (Å²) in [6.45, 7) is 2.65. The zero-order valence-electron chi connectivity index (χ0n) is 15.2. The summed E-state index contributed by atoms with van der Waals surface area (Å²) in [5.41, 5.74) is 1.42. The molecule has 0 aliphatic rings. The van der Waals surface area contributed by atoms with E-state index in [9.17, 15) is 9.59 Å². The number of carbonyl (C=O) groups is 2. The number of amides is 2. The van der Waals surface area contributed by atoms with Gasteiger partial charge < -0.3 is 15.1 Å². The number of carbonyl (C=O) groups excluding carboxylic acids is 2. The highest BCUT2D eigenvalue weighted by atomic mass is 35.5. The van der Waals surface area contributed by atoms with Crippen molar-refractivity contribution < 1.29 is 9.59 Å². The molecular weight excluding hydrogens is 352 g/mol.